The molecule has 28 heavy (non-hydrogen) atoms. The maximum Gasteiger partial charge on any atom is 0.248 e. The van der Waals surface area contributed by atoms with E-state index in [1.165, 1.54) is 6.08 Å². The number of amides is 1. The molecule has 4 rings (SSSR count). The highest BCUT2D eigenvalue weighted by Gasteiger charge is 2.37. The molecule has 0 aromatic carbocycles. The number of rotatable bonds is 3. The van der Waals surface area contributed by atoms with Crippen molar-refractivity contribution in [3.63, 3.8) is 0 Å². The Morgan fingerprint density at radius 1 is 1.32 bits per heavy atom. The van der Waals surface area contributed by atoms with Crippen LogP contribution in [-0.2, 0) is 24.8 Å². The van der Waals surface area contributed by atoms with Gasteiger partial charge in [0.2, 0.25) is 11.8 Å². The minimum atomic E-state index is -2.60. The molecule has 2 aliphatic rings. The average molecular weight is 387 g/mol. The van der Waals surface area contributed by atoms with Gasteiger partial charge >= 0.3 is 0 Å². The van der Waals surface area contributed by atoms with Crippen molar-refractivity contribution in [2.75, 3.05) is 6.54 Å². The van der Waals surface area contributed by atoms with E-state index in [2.05, 4.69) is 11.7 Å². The molecule has 0 saturated heterocycles. The predicted molar refractivity (Wildman–Crippen MR) is 99.7 cm³/mol. The van der Waals surface area contributed by atoms with E-state index >= 15 is 0 Å². The number of fused-ring (bicyclic) bond motifs is 1. The Hall–Kier alpha value is -2.64. The normalized spacial score (nSPS) is 19.3. The third kappa shape index (κ3) is 3.55. The summed E-state index contributed by atoms with van der Waals surface area (Å²) in [4.78, 5) is 23.3. The summed E-state index contributed by atoms with van der Waals surface area (Å²) in [6, 6.07) is 1.89. The number of aromatic nitrogens is 4. The molecule has 0 unspecified atom stereocenters. The van der Waals surface area contributed by atoms with Crippen LogP contribution in [0.5, 0.6) is 0 Å². The Morgan fingerprint density at radius 2 is 2.07 bits per heavy atom. The predicted octanol–water partition coefficient (Wildman–Crippen LogP) is 3.24. The van der Waals surface area contributed by atoms with Crippen molar-refractivity contribution in [3.8, 4) is 11.4 Å². The van der Waals surface area contributed by atoms with Gasteiger partial charge in [0.1, 0.15) is 11.5 Å². The van der Waals surface area contributed by atoms with Crippen molar-refractivity contribution in [3.05, 3.63) is 42.0 Å². The molecule has 2 aromatic heterocycles. The fourth-order valence-corrected chi connectivity index (χ4v) is 4.00. The van der Waals surface area contributed by atoms with E-state index in [9.17, 15) is 13.6 Å². The van der Waals surface area contributed by atoms with Gasteiger partial charge in [0.05, 0.1) is 17.9 Å². The Kier molecular flexibility index (Phi) is 4.72. The number of hydrogen-bond donors (Lipinski definition) is 0. The van der Waals surface area contributed by atoms with E-state index in [1.807, 2.05) is 19.3 Å². The molecule has 0 spiro atoms. The zero-order valence-corrected chi connectivity index (χ0v) is 15.9. The minimum Gasteiger partial charge on any atom is -0.333 e. The minimum absolute atomic E-state index is 0.0992. The molecule has 1 amide bonds. The van der Waals surface area contributed by atoms with Crippen LogP contribution in [0.4, 0.5) is 8.78 Å². The van der Waals surface area contributed by atoms with Gasteiger partial charge < -0.3 is 4.90 Å². The standard InChI is InChI=1S/C20H23F2N5O/c1-3-17(28)27-11-6-14-16(12-27)23-19(13-4-8-20(21,22)9-5-13)24-18(14)15-7-10-26(2)25-15/h3,7,10,13H,1,4-6,8-9,11-12H2,2H3. The molecule has 148 valence electrons. The molecule has 0 atom stereocenters. The number of hydrogen-bond acceptors (Lipinski definition) is 4. The van der Waals surface area contributed by atoms with Crippen LogP contribution in [0.15, 0.2) is 24.9 Å². The van der Waals surface area contributed by atoms with Gasteiger partial charge in [-0.2, -0.15) is 5.10 Å². The zero-order valence-electron chi connectivity index (χ0n) is 15.9. The molecule has 1 aliphatic heterocycles. The summed E-state index contributed by atoms with van der Waals surface area (Å²) in [5.41, 5.74) is 3.26. The Bertz CT molecular complexity index is 913. The van der Waals surface area contributed by atoms with Crippen LogP contribution in [0, 0.1) is 0 Å². The van der Waals surface area contributed by atoms with Gasteiger partial charge in [0, 0.05) is 44.1 Å². The summed E-state index contributed by atoms with van der Waals surface area (Å²) < 4.78 is 28.9. The lowest BCUT2D eigenvalue weighted by atomic mass is 9.86. The van der Waals surface area contributed by atoms with Gasteiger partial charge in [0.15, 0.2) is 0 Å². The molecular formula is C20H23F2N5O. The van der Waals surface area contributed by atoms with Crippen LogP contribution in [0.1, 0.15) is 48.7 Å². The molecule has 1 saturated carbocycles. The van der Waals surface area contributed by atoms with Crippen molar-refractivity contribution < 1.29 is 13.6 Å². The number of halogens is 2. The molecule has 6 nitrogen and oxygen atoms in total. The fourth-order valence-electron chi connectivity index (χ4n) is 4.00. The van der Waals surface area contributed by atoms with Gasteiger partial charge in [-0.05, 0) is 31.4 Å². The third-order valence-electron chi connectivity index (χ3n) is 5.61. The van der Waals surface area contributed by atoms with Gasteiger partial charge in [-0.25, -0.2) is 18.7 Å². The summed E-state index contributed by atoms with van der Waals surface area (Å²) in [7, 11) is 1.84. The molecule has 0 N–H and O–H groups in total. The first-order chi connectivity index (χ1) is 13.4. The highest BCUT2D eigenvalue weighted by Crippen LogP contribution is 2.41. The van der Waals surface area contributed by atoms with Gasteiger partial charge in [-0.3, -0.25) is 9.48 Å². The van der Waals surface area contributed by atoms with Gasteiger partial charge in [-0.15, -0.1) is 0 Å². The third-order valence-corrected chi connectivity index (χ3v) is 5.61. The summed E-state index contributed by atoms with van der Waals surface area (Å²) >= 11 is 0. The molecule has 2 aromatic rings. The van der Waals surface area contributed by atoms with Crippen LogP contribution in [0.25, 0.3) is 11.4 Å². The Balaban J connectivity index is 1.74. The van der Waals surface area contributed by atoms with Crippen molar-refractivity contribution >= 4 is 5.91 Å². The van der Waals surface area contributed by atoms with Crippen molar-refractivity contribution in [2.45, 2.75) is 50.5 Å². The molecule has 0 bridgehead atoms. The van der Waals surface area contributed by atoms with Gasteiger partial charge in [-0.1, -0.05) is 6.58 Å². The molecule has 1 aliphatic carbocycles. The second-order valence-corrected chi connectivity index (χ2v) is 7.57. The average Bonchev–Trinajstić information content (AvgIpc) is 3.12. The second kappa shape index (κ2) is 7.07. The van der Waals surface area contributed by atoms with Crippen LogP contribution < -0.4 is 0 Å². The van der Waals surface area contributed by atoms with E-state index in [0.717, 1.165) is 22.6 Å². The van der Waals surface area contributed by atoms with Crippen molar-refractivity contribution in [2.24, 2.45) is 7.05 Å². The lowest BCUT2D eigenvalue weighted by molar-refractivity contribution is -0.126. The van der Waals surface area contributed by atoms with Gasteiger partial charge in [0.25, 0.3) is 0 Å². The first-order valence-electron chi connectivity index (χ1n) is 9.55. The van der Waals surface area contributed by atoms with Crippen LogP contribution in [-0.4, -0.2) is 43.0 Å². The number of carbonyl (C=O) groups excluding carboxylic acids is 1. The first kappa shape index (κ1) is 18.7. The SMILES string of the molecule is C=CC(=O)N1CCc2c(nc(C3CCC(F)(F)CC3)nc2-c2ccn(C)n2)C1. The Labute approximate surface area is 162 Å². The highest BCUT2D eigenvalue weighted by atomic mass is 19.3. The zero-order chi connectivity index (χ0) is 19.9. The van der Waals surface area contributed by atoms with E-state index in [0.29, 0.717) is 38.2 Å². The molecule has 1 fully saturated rings. The topological polar surface area (TPSA) is 63.9 Å². The molecule has 8 heteroatoms. The summed E-state index contributed by atoms with van der Waals surface area (Å²) in [6.07, 6.45) is 4.22. The van der Waals surface area contributed by atoms with Crippen LogP contribution in [0.2, 0.25) is 0 Å². The summed E-state index contributed by atoms with van der Waals surface area (Å²) in [5, 5.41) is 4.48. The van der Waals surface area contributed by atoms with E-state index in [1.54, 1.807) is 9.58 Å². The van der Waals surface area contributed by atoms with E-state index in [4.69, 9.17) is 9.97 Å². The number of aryl methyl sites for hydroxylation is 1. The number of alkyl halides is 2. The number of carbonyl (C=O) groups is 1. The van der Waals surface area contributed by atoms with Crippen molar-refractivity contribution in [1.29, 1.82) is 0 Å². The molecule has 3 heterocycles. The first-order valence-corrected chi connectivity index (χ1v) is 9.55. The summed E-state index contributed by atoms with van der Waals surface area (Å²) in [5.74, 6) is -2.25. The van der Waals surface area contributed by atoms with Crippen molar-refractivity contribution in [1.82, 2.24) is 24.6 Å². The van der Waals surface area contributed by atoms with E-state index in [-0.39, 0.29) is 24.7 Å². The Morgan fingerprint density at radius 3 is 2.71 bits per heavy atom. The monoisotopic (exact) mass is 387 g/mol. The van der Waals surface area contributed by atoms with Crippen LogP contribution >= 0.6 is 0 Å². The maximum absolute atomic E-state index is 13.6. The highest BCUT2D eigenvalue weighted by molar-refractivity contribution is 5.87. The second-order valence-electron chi connectivity index (χ2n) is 7.57. The lowest BCUT2D eigenvalue weighted by Gasteiger charge is -2.31. The number of nitrogens with zero attached hydrogens (tertiary/aromatic N) is 5. The lowest BCUT2D eigenvalue weighted by Crippen LogP contribution is -2.36. The largest absolute Gasteiger partial charge is 0.333 e. The smallest absolute Gasteiger partial charge is 0.248 e. The van der Waals surface area contributed by atoms with Crippen LogP contribution in [0.3, 0.4) is 0 Å². The summed E-state index contributed by atoms with van der Waals surface area (Å²) in [6.45, 7) is 4.50. The van der Waals surface area contributed by atoms with E-state index < -0.39 is 5.92 Å². The molecular weight excluding hydrogens is 364 g/mol. The molecule has 0 radical (unpaired) electrons. The quantitative estimate of drug-likeness (QED) is 0.759. The fraction of sp³-hybridized carbons (Fsp3) is 0.500. The maximum atomic E-state index is 13.6.